The second-order valence-electron chi connectivity index (χ2n) is 4.59. The molecule has 1 aromatic carbocycles. The molecule has 1 unspecified atom stereocenters. The third-order valence-electron chi connectivity index (χ3n) is 3.00. The zero-order valence-corrected chi connectivity index (χ0v) is 13.6. The Bertz CT molecular complexity index is 632. The molecule has 2 nitrogen and oxygen atoms in total. The molecule has 1 rings (SSSR count). The molecule has 1 atom stereocenters. The van der Waals surface area contributed by atoms with E-state index in [0.717, 1.165) is 18.2 Å². The zero-order valence-electron chi connectivity index (χ0n) is 12.1. The van der Waals surface area contributed by atoms with Crippen LogP contribution >= 0.6 is 23.2 Å². The average Bonchev–Trinajstić information content (AvgIpc) is 2.42. The molecule has 0 aliphatic rings. The maximum atomic E-state index is 12.8. The van der Waals surface area contributed by atoms with Gasteiger partial charge in [0.1, 0.15) is 5.70 Å². The standard InChI is InChI=1S/C15H14Cl2F3NO/c1-4-21-13(9(3)16)14(22)8(2)11-7-10(15(18,19)20)5-6-12(11)17/h4-8H,1-3H3/b13-9+,21-4?. The summed E-state index contributed by atoms with van der Waals surface area (Å²) < 4.78 is 38.4. The quantitative estimate of drug-likeness (QED) is 0.513. The first-order chi connectivity index (χ1) is 10.1. The molecule has 0 N–H and O–H groups in total. The molecule has 0 aromatic heterocycles. The second kappa shape index (κ2) is 7.29. The Kier molecular flexibility index (Phi) is 6.20. The predicted octanol–water partition coefficient (Wildman–Crippen LogP) is 5.59. The number of benzene rings is 1. The summed E-state index contributed by atoms with van der Waals surface area (Å²) in [5, 5.41) is 0.249. The first-order valence-corrected chi connectivity index (χ1v) is 7.11. The summed E-state index contributed by atoms with van der Waals surface area (Å²) in [5.41, 5.74) is -0.771. The van der Waals surface area contributed by atoms with Gasteiger partial charge in [-0.05, 0) is 37.6 Å². The van der Waals surface area contributed by atoms with E-state index in [2.05, 4.69) is 4.99 Å². The molecule has 0 saturated heterocycles. The van der Waals surface area contributed by atoms with Gasteiger partial charge in [0.25, 0.3) is 0 Å². The number of carbonyl (C=O) groups is 1. The highest BCUT2D eigenvalue weighted by atomic mass is 35.5. The van der Waals surface area contributed by atoms with Crippen LogP contribution in [0.5, 0.6) is 0 Å². The maximum absolute atomic E-state index is 12.8. The average molecular weight is 352 g/mol. The predicted molar refractivity (Wildman–Crippen MR) is 82.6 cm³/mol. The van der Waals surface area contributed by atoms with Crippen molar-refractivity contribution in [3.8, 4) is 0 Å². The van der Waals surface area contributed by atoms with E-state index in [0.29, 0.717) is 0 Å². The van der Waals surface area contributed by atoms with Gasteiger partial charge in [0.2, 0.25) is 0 Å². The monoisotopic (exact) mass is 351 g/mol. The highest BCUT2D eigenvalue weighted by Crippen LogP contribution is 2.35. The molecule has 0 bridgehead atoms. The lowest BCUT2D eigenvalue weighted by atomic mass is 9.93. The molecule has 0 radical (unpaired) electrons. The number of nitrogens with zero attached hydrogens (tertiary/aromatic N) is 1. The van der Waals surface area contributed by atoms with Crippen LogP contribution < -0.4 is 0 Å². The smallest absolute Gasteiger partial charge is 0.292 e. The Labute approximate surface area is 136 Å². The van der Waals surface area contributed by atoms with Crippen LogP contribution in [0.1, 0.15) is 37.8 Å². The van der Waals surface area contributed by atoms with Gasteiger partial charge in [-0.2, -0.15) is 13.2 Å². The number of allylic oxidation sites excluding steroid dienone is 2. The Hall–Kier alpha value is -1.33. The molecule has 1 aromatic rings. The highest BCUT2D eigenvalue weighted by Gasteiger charge is 2.32. The summed E-state index contributed by atoms with van der Waals surface area (Å²) in [4.78, 5) is 16.3. The lowest BCUT2D eigenvalue weighted by Gasteiger charge is -2.16. The zero-order chi connectivity index (χ0) is 17.1. The summed E-state index contributed by atoms with van der Waals surface area (Å²) in [7, 11) is 0. The van der Waals surface area contributed by atoms with E-state index in [4.69, 9.17) is 23.2 Å². The molecule has 0 heterocycles. The van der Waals surface area contributed by atoms with E-state index < -0.39 is 23.4 Å². The van der Waals surface area contributed by atoms with Crippen molar-refractivity contribution in [2.45, 2.75) is 32.9 Å². The number of Topliss-reactive ketones (excluding diaryl/α,β-unsaturated/α-hetero) is 1. The summed E-state index contributed by atoms with van der Waals surface area (Å²) in [6, 6.07) is 2.88. The van der Waals surface area contributed by atoms with Gasteiger partial charge >= 0.3 is 6.18 Å². The van der Waals surface area contributed by atoms with Crippen molar-refractivity contribution in [2.24, 2.45) is 4.99 Å². The fourth-order valence-electron chi connectivity index (χ4n) is 1.85. The fourth-order valence-corrected chi connectivity index (χ4v) is 2.27. The number of carbonyl (C=O) groups excluding carboxylic acids is 1. The molecule has 0 fully saturated rings. The van der Waals surface area contributed by atoms with Crippen molar-refractivity contribution in [3.05, 3.63) is 45.1 Å². The second-order valence-corrected chi connectivity index (χ2v) is 5.56. The number of halogens is 5. The third kappa shape index (κ3) is 4.34. The van der Waals surface area contributed by atoms with E-state index in [1.807, 2.05) is 0 Å². The van der Waals surface area contributed by atoms with Crippen LogP contribution in [-0.2, 0) is 11.0 Å². The molecule has 0 spiro atoms. The molecular weight excluding hydrogens is 338 g/mol. The van der Waals surface area contributed by atoms with Gasteiger partial charge in [-0.15, -0.1) is 0 Å². The number of hydrogen-bond donors (Lipinski definition) is 0. The molecule has 7 heteroatoms. The first kappa shape index (κ1) is 18.7. The molecule has 0 aliphatic heterocycles. The molecule has 0 saturated carbocycles. The summed E-state index contributed by atoms with van der Waals surface area (Å²) in [6.45, 7) is 4.56. The lowest BCUT2D eigenvalue weighted by Crippen LogP contribution is -2.14. The largest absolute Gasteiger partial charge is 0.416 e. The van der Waals surface area contributed by atoms with Crippen LogP contribution in [0.25, 0.3) is 0 Å². The fraction of sp³-hybridized carbons (Fsp3) is 0.333. The molecule has 0 amide bonds. The van der Waals surface area contributed by atoms with E-state index in [9.17, 15) is 18.0 Å². The van der Waals surface area contributed by atoms with E-state index in [-0.39, 0.29) is 21.3 Å². The van der Waals surface area contributed by atoms with Gasteiger partial charge in [0.15, 0.2) is 5.78 Å². The maximum Gasteiger partial charge on any atom is 0.416 e. The normalized spacial score (nSPS) is 14.9. The Morgan fingerprint density at radius 2 is 1.95 bits per heavy atom. The Morgan fingerprint density at radius 3 is 2.41 bits per heavy atom. The van der Waals surface area contributed by atoms with Gasteiger partial charge < -0.3 is 0 Å². The molecule has 120 valence electrons. The number of aliphatic imine (C=N–C) groups is 1. The molecule has 0 aliphatic carbocycles. The lowest BCUT2D eigenvalue weighted by molar-refractivity contribution is -0.137. The van der Waals surface area contributed by atoms with Gasteiger partial charge in [-0.3, -0.25) is 9.79 Å². The van der Waals surface area contributed by atoms with Gasteiger partial charge in [-0.25, -0.2) is 0 Å². The molecular formula is C15H14Cl2F3NO. The number of alkyl halides is 3. The minimum atomic E-state index is -4.51. The van der Waals surface area contributed by atoms with Gasteiger partial charge in [-0.1, -0.05) is 30.1 Å². The minimum Gasteiger partial charge on any atom is -0.292 e. The van der Waals surface area contributed by atoms with Crippen molar-refractivity contribution in [1.29, 1.82) is 0 Å². The van der Waals surface area contributed by atoms with E-state index in [1.165, 1.54) is 20.1 Å². The molecule has 22 heavy (non-hydrogen) atoms. The van der Waals surface area contributed by atoms with E-state index >= 15 is 0 Å². The van der Waals surface area contributed by atoms with Gasteiger partial charge in [0.05, 0.1) is 5.56 Å². The van der Waals surface area contributed by atoms with Crippen LogP contribution in [0.15, 0.2) is 33.9 Å². The topological polar surface area (TPSA) is 29.4 Å². The van der Waals surface area contributed by atoms with Crippen LogP contribution in [0, 0.1) is 0 Å². The highest BCUT2D eigenvalue weighted by molar-refractivity contribution is 6.33. The number of ketones is 1. The SMILES string of the molecule is CC=N/C(C(=O)C(C)c1cc(C(F)(F)F)ccc1Cl)=C(\C)Cl. The third-order valence-corrected chi connectivity index (χ3v) is 3.52. The van der Waals surface area contributed by atoms with Crippen molar-refractivity contribution in [1.82, 2.24) is 0 Å². The van der Waals surface area contributed by atoms with Crippen molar-refractivity contribution in [3.63, 3.8) is 0 Å². The van der Waals surface area contributed by atoms with Crippen LogP contribution in [-0.4, -0.2) is 12.0 Å². The summed E-state index contributed by atoms with van der Waals surface area (Å²) in [5.74, 6) is -1.39. The summed E-state index contributed by atoms with van der Waals surface area (Å²) in [6.07, 6.45) is -3.12. The summed E-state index contributed by atoms with van der Waals surface area (Å²) >= 11 is 11.8. The number of rotatable bonds is 4. The number of hydrogen-bond acceptors (Lipinski definition) is 2. The van der Waals surface area contributed by atoms with Crippen LogP contribution in [0.4, 0.5) is 13.2 Å². The van der Waals surface area contributed by atoms with Crippen molar-refractivity contribution in [2.75, 3.05) is 0 Å². The Morgan fingerprint density at radius 1 is 1.36 bits per heavy atom. The first-order valence-electron chi connectivity index (χ1n) is 6.35. The van der Waals surface area contributed by atoms with Crippen LogP contribution in [0.2, 0.25) is 5.02 Å². The Balaban J connectivity index is 3.31. The van der Waals surface area contributed by atoms with Crippen molar-refractivity contribution < 1.29 is 18.0 Å². The van der Waals surface area contributed by atoms with Gasteiger partial charge in [0, 0.05) is 22.2 Å². The van der Waals surface area contributed by atoms with Crippen molar-refractivity contribution >= 4 is 35.2 Å². The van der Waals surface area contributed by atoms with Crippen LogP contribution in [0.3, 0.4) is 0 Å². The minimum absolute atomic E-state index is 0.00476. The van der Waals surface area contributed by atoms with E-state index in [1.54, 1.807) is 6.92 Å².